The highest BCUT2D eigenvalue weighted by Gasteiger charge is 2.45. The van der Waals surface area contributed by atoms with Crippen molar-refractivity contribution >= 4 is 57.2 Å². The highest BCUT2D eigenvalue weighted by molar-refractivity contribution is 7.00. The molecule has 68 heavy (non-hydrogen) atoms. The van der Waals surface area contributed by atoms with Gasteiger partial charge in [-0.3, -0.25) is 0 Å². The van der Waals surface area contributed by atoms with E-state index in [1.54, 1.807) is 0 Å². The molecule has 0 unspecified atom stereocenters. The van der Waals surface area contributed by atoms with Gasteiger partial charge >= 0.3 is 0 Å². The molecule has 0 aromatic heterocycles. The highest BCUT2D eigenvalue weighted by atomic mass is 15.2. The lowest BCUT2D eigenvalue weighted by atomic mass is 9.33. The quantitative estimate of drug-likeness (QED) is 0.140. The fourth-order valence-electron chi connectivity index (χ4n) is 11.0. The first-order valence-corrected chi connectivity index (χ1v) is 24.7. The number of benzene rings is 8. The molecule has 0 N–H and O–H groups in total. The Kier molecular flexibility index (Phi) is 10.8. The summed E-state index contributed by atoms with van der Waals surface area (Å²) >= 11 is 0. The topological polar surface area (TPSA) is 6.48 Å². The van der Waals surface area contributed by atoms with Crippen molar-refractivity contribution in [1.82, 2.24) is 0 Å². The van der Waals surface area contributed by atoms with Crippen molar-refractivity contribution in [3.8, 4) is 0 Å². The number of anilines is 6. The lowest BCUT2D eigenvalue weighted by Gasteiger charge is -2.46. The molecule has 340 valence electrons. The van der Waals surface area contributed by atoms with E-state index in [0.29, 0.717) is 0 Å². The molecule has 8 aromatic rings. The molecule has 2 aliphatic rings. The third kappa shape index (κ3) is 7.60. The first-order valence-electron chi connectivity index (χ1n) is 24.7. The zero-order valence-electron chi connectivity index (χ0n) is 42.4. The lowest BCUT2D eigenvalue weighted by Crippen LogP contribution is -2.61. The monoisotopic (exact) mass is 887 g/mol. The van der Waals surface area contributed by atoms with E-state index in [2.05, 4.69) is 281 Å². The largest absolute Gasteiger partial charge is 0.311 e. The molecule has 2 aliphatic heterocycles. The van der Waals surface area contributed by atoms with Crippen LogP contribution in [0.15, 0.2) is 188 Å². The van der Waals surface area contributed by atoms with Crippen LogP contribution in [0.4, 0.5) is 34.1 Å². The molecule has 8 aromatic carbocycles. The van der Waals surface area contributed by atoms with E-state index in [1.807, 2.05) is 0 Å². The Morgan fingerprint density at radius 3 is 1.22 bits per heavy atom. The van der Waals surface area contributed by atoms with Crippen LogP contribution in [-0.2, 0) is 27.1 Å². The van der Waals surface area contributed by atoms with Crippen LogP contribution in [0, 0.1) is 0 Å². The maximum absolute atomic E-state index is 2.62. The lowest BCUT2D eigenvalue weighted by molar-refractivity contribution is 0.590. The summed E-state index contributed by atoms with van der Waals surface area (Å²) in [6.07, 6.45) is 0. The van der Waals surface area contributed by atoms with Gasteiger partial charge in [-0.25, -0.2) is 0 Å². The minimum atomic E-state index is -0.312. The van der Waals surface area contributed by atoms with Gasteiger partial charge in [0.1, 0.15) is 0 Å². The van der Waals surface area contributed by atoms with Crippen LogP contribution in [0.2, 0.25) is 0 Å². The van der Waals surface area contributed by atoms with Crippen LogP contribution in [0.3, 0.4) is 0 Å². The average molecular weight is 887 g/mol. The molecule has 0 saturated carbocycles. The molecule has 0 fully saturated rings. The van der Waals surface area contributed by atoms with Gasteiger partial charge in [0.2, 0.25) is 0 Å². The zero-order chi connectivity index (χ0) is 48.0. The van der Waals surface area contributed by atoms with Gasteiger partial charge < -0.3 is 9.80 Å². The summed E-state index contributed by atoms with van der Waals surface area (Å²) in [6, 6.07) is 71.6. The van der Waals surface area contributed by atoms with Gasteiger partial charge in [-0.15, -0.1) is 0 Å². The molecule has 0 aliphatic carbocycles. The molecule has 2 heterocycles. The second kappa shape index (κ2) is 16.3. The van der Waals surface area contributed by atoms with Gasteiger partial charge in [0.25, 0.3) is 6.71 Å². The SMILES string of the molecule is CC(C)(C)c1cccc(N2c3cc(C(C)(C)C)ccc3B3c4cc(C(C)(C)c5ccccc5)ccc4N(c4ccc(C(C)(C)c5ccccc5)cc4)c4cc(C(C)(C)c5ccccc5)cc2c43)c1. The van der Waals surface area contributed by atoms with Crippen molar-refractivity contribution in [1.29, 1.82) is 0 Å². The van der Waals surface area contributed by atoms with Gasteiger partial charge in [-0.2, -0.15) is 0 Å². The third-order valence-electron chi connectivity index (χ3n) is 15.7. The molecule has 0 radical (unpaired) electrons. The molecular weight excluding hydrogens is 820 g/mol. The summed E-state index contributed by atoms with van der Waals surface area (Å²) in [6.45, 7) is 28.2. The predicted octanol–water partition coefficient (Wildman–Crippen LogP) is 15.3. The second-order valence-electron chi connectivity index (χ2n) is 23.1. The summed E-state index contributed by atoms with van der Waals surface area (Å²) in [5.41, 5.74) is 20.9. The van der Waals surface area contributed by atoms with Crippen LogP contribution in [0.25, 0.3) is 0 Å². The van der Waals surface area contributed by atoms with Crippen molar-refractivity contribution in [2.45, 2.75) is 110 Å². The van der Waals surface area contributed by atoms with E-state index in [1.165, 1.54) is 89.3 Å². The summed E-state index contributed by atoms with van der Waals surface area (Å²) in [4.78, 5) is 5.21. The van der Waals surface area contributed by atoms with Crippen molar-refractivity contribution in [2.75, 3.05) is 9.80 Å². The number of hydrogen-bond donors (Lipinski definition) is 0. The Morgan fingerprint density at radius 1 is 0.279 bits per heavy atom. The van der Waals surface area contributed by atoms with Crippen LogP contribution >= 0.6 is 0 Å². The maximum Gasteiger partial charge on any atom is 0.252 e. The Hall–Kier alpha value is -6.58. The first-order chi connectivity index (χ1) is 32.3. The first kappa shape index (κ1) is 45.2. The molecule has 0 saturated heterocycles. The van der Waals surface area contributed by atoms with Crippen LogP contribution in [-0.4, -0.2) is 6.71 Å². The number of hydrogen-bond acceptors (Lipinski definition) is 2. The standard InChI is InChI=1S/C65H67BN2/c1-61(2,3)48-29-22-30-53(39-48)68-57-41-49(62(4,5)6)33-37-54(57)66-55-40-50(64(9,10)45-25-18-14-19-26-45)34-38-56(55)67(52-35-31-47(32-36-52)63(7,8)44-23-16-13-17-24-44)58-42-51(43-59(68)60(58)66)65(11,12)46-27-20-15-21-28-46/h13-43H,1-12H3. The number of nitrogens with zero attached hydrogens (tertiary/aromatic N) is 2. The van der Waals surface area contributed by atoms with E-state index in [4.69, 9.17) is 0 Å². The zero-order valence-corrected chi connectivity index (χ0v) is 42.4. The van der Waals surface area contributed by atoms with Gasteiger partial charge in [0.05, 0.1) is 0 Å². The number of fused-ring (bicyclic) bond motifs is 4. The average Bonchev–Trinajstić information content (AvgIpc) is 3.33. The minimum Gasteiger partial charge on any atom is -0.311 e. The summed E-state index contributed by atoms with van der Waals surface area (Å²) < 4.78 is 0. The second-order valence-corrected chi connectivity index (χ2v) is 23.1. The maximum atomic E-state index is 2.62. The molecule has 0 amide bonds. The Labute approximate surface area is 407 Å². The molecule has 3 heteroatoms. The van der Waals surface area contributed by atoms with Crippen molar-refractivity contribution in [3.63, 3.8) is 0 Å². The Bertz CT molecular complexity index is 3150. The summed E-state index contributed by atoms with van der Waals surface area (Å²) in [7, 11) is 0. The predicted molar refractivity (Wildman–Crippen MR) is 294 cm³/mol. The van der Waals surface area contributed by atoms with E-state index >= 15 is 0 Å². The minimum absolute atomic E-state index is 0.0194. The summed E-state index contributed by atoms with van der Waals surface area (Å²) in [5, 5.41) is 0. The van der Waals surface area contributed by atoms with E-state index < -0.39 is 0 Å². The van der Waals surface area contributed by atoms with Crippen molar-refractivity contribution in [2.24, 2.45) is 0 Å². The van der Waals surface area contributed by atoms with E-state index in [9.17, 15) is 0 Å². The van der Waals surface area contributed by atoms with E-state index in [-0.39, 0.29) is 33.8 Å². The number of rotatable bonds is 8. The highest BCUT2D eigenvalue weighted by Crippen LogP contribution is 2.49. The van der Waals surface area contributed by atoms with Gasteiger partial charge in [0, 0.05) is 50.4 Å². The molecule has 10 rings (SSSR count). The molecule has 0 bridgehead atoms. The van der Waals surface area contributed by atoms with Crippen molar-refractivity contribution < 1.29 is 0 Å². The van der Waals surface area contributed by atoms with Gasteiger partial charge in [-0.1, -0.05) is 223 Å². The molecule has 0 atom stereocenters. The third-order valence-corrected chi connectivity index (χ3v) is 15.7. The van der Waals surface area contributed by atoms with Crippen LogP contribution in [0.5, 0.6) is 0 Å². The van der Waals surface area contributed by atoms with Gasteiger partial charge in [0.15, 0.2) is 0 Å². The van der Waals surface area contributed by atoms with Crippen molar-refractivity contribution in [3.05, 3.63) is 233 Å². The van der Waals surface area contributed by atoms with Gasteiger partial charge in [-0.05, 0) is 120 Å². The normalized spacial score (nSPS) is 13.8. The fraction of sp³-hybridized carbons (Fsp3) is 0.262. The van der Waals surface area contributed by atoms with E-state index in [0.717, 1.165) is 5.69 Å². The smallest absolute Gasteiger partial charge is 0.252 e. The Morgan fingerprint density at radius 2 is 0.691 bits per heavy atom. The molecular formula is C65H67BN2. The summed E-state index contributed by atoms with van der Waals surface area (Å²) in [5.74, 6) is 0. The Balaban J connectivity index is 1.30. The molecule has 0 spiro atoms. The van der Waals surface area contributed by atoms with Crippen LogP contribution < -0.4 is 26.2 Å². The molecule has 2 nitrogen and oxygen atoms in total. The fourth-order valence-corrected chi connectivity index (χ4v) is 11.0. The van der Waals surface area contributed by atoms with Crippen LogP contribution in [0.1, 0.15) is 128 Å².